The van der Waals surface area contributed by atoms with E-state index in [2.05, 4.69) is 10.00 Å². The van der Waals surface area contributed by atoms with Crippen LogP contribution in [-0.4, -0.2) is 46.8 Å². The summed E-state index contributed by atoms with van der Waals surface area (Å²) in [6.07, 6.45) is 0. The molecular weight excluding hydrogens is 376 g/mol. The average molecular weight is 395 g/mol. The first-order valence-electron chi connectivity index (χ1n) is 9.07. The van der Waals surface area contributed by atoms with Crippen molar-refractivity contribution in [1.29, 1.82) is 0 Å². The summed E-state index contributed by atoms with van der Waals surface area (Å²) >= 11 is 5.99. The van der Waals surface area contributed by atoms with Crippen LogP contribution in [0.2, 0.25) is 5.02 Å². The molecule has 2 heterocycles. The number of anilines is 1. The standard InChI is InChI=1S/C21H19ClN4O2/c22-17-6-4-5-16(15-17)21(28)25-13-11-24(12-14-25)19-9-10-20(27)26(23-19)18-7-2-1-3-8-18/h1-10,15H,11-14H2. The lowest BCUT2D eigenvalue weighted by atomic mass is 10.2. The summed E-state index contributed by atoms with van der Waals surface area (Å²) < 4.78 is 1.40. The lowest BCUT2D eigenvalue weighted by Gasteiger charge is -2.35. The summed E-state index contributed by atoms with van der Waals surface area (Å²) in [4.78, 5) is 28.8. The Kier molecular flexibility index (Phi) is 5.12. The molecule has 1 aromatic heterocycles. The van der Waals surface area contributed by atoms with E-state index in [4.69, 9.17) is 11.6 Å². The topological polar surface area (TPSA) is 58.4 Å². The van der Waals surface area contributed by atoms with Crippen LogP contribution < -0.4 is 10.5 Å². The Bertz CT molecular complexity index is 1040. The van der Waals surface area contributed by atoms with Gasteiger partial charge in [-0.2, -0.15) is 4.68 Å². The van der Waals surface area contributed by atoms with Crippen LogP contribution in [0.4, 0.5) is 5.82 Å². The maximum atomic E-state index is 12.7. The first kappa shape index (κ1) is 18.3. The maximum Gasteiger partial charge on any atom is 0.271 e. The van der Waals surface area contributed by atoms with E-state index in [0.29, 0.717) is 36.8 Å². The maximum absolute atomic E-state index is 12.7. The van der Waals surface area contributed by atoms with Gasteiger partial charge in [-0.1, -0.05) is 35.9 Å². The van der Waals surface area contributed by atoms with Crippen molar-refractivity contribution in [2.45, 2.75) is 0 Å². The summed E-state index contributed by atoms with van der Waals surface area (Å²) in [5.41, 5.74) is 1.14. The number of rotatable bonds is 3. The van der Waals surface area contributed by atoms with Gasteiger partial charge in [-0.3, -0.25) is 9.59 Å². The number of para-hydroxylation sites is 1. The lowest BCUT2D eigenvalue weighted by molar-refractivity contribution is 0.0746. The van der Waals surface area contributed by atoms with Crippen molar-refractivity contribution in [2.24, 2.45) is 0 Å². The van der Waals surface area contributed by atoms with E-state index in [1.54, 1.807) is 30.3 Å². The monoisotopic (exact) mass is 394 g/mol. The molecule has 0 unspecified atom stereocenters. The van der Waals surface area contributed by atoms with E-state index in [9.17, 15) is 9.59 Å². The molecule has 0 aliphatic carbocycles. The van der Waals surface area contributed by atoms with Crippen LogP contribution in [-0.2, 0) is 0 Å². The molecule has 28 heavy (non-hydrogen) atoms. The number of carbonyl (C=O) groups excluding carboxylic acids is 1. The number of hydrogen-bond acceptors (Lipinski definition) is 4. The van der Waals surface area contributed by atoms with Crippen molar-refractivity contribution in [3.63, 3.8) is 0 Å². The van der Waals surface area contributed by atoms with Gasteiger partial charge in [0.05, 0.1) is 5.69 Å². The molecule has 1 aliphatic rings. The third-order valence-electron chi connectivity index (χ3n) is 4.75. The van der Waals surface area contributed by atoms with Crippen LogP contribution in [0.5, 0.6) is 0 Å². The van der Waals surface area contributed by atoms with Gasteiger partial charge in [-0.05, 0) is 36.4 Å². The summed E-state index contributed by atoms with van der Waals surface area (Å²) in [6, 6.07) is 19.6. The Balaban J connectivity index is 1.48. The molecule has 0 atom stereocenters. The van der Waals surface area contributed by atoms with Gasteiger partial charge in [0.15, 0.2) is 0 Å². The summed E-state index contributed by atoms with van der Waals surface area (Å²) in [6.45, 7) is 2.45. The van der Waals surface area contributed by atoms with Gasteiger partial charge in [-0.25, -0.2) is 0 Å². The Hall–Kier alpha value is -3.12. The van der Waals surface area contributed by atoms with Crippen LogP contribution in [0.15, 0.2) is 71.5 Å². The Labute approximate surface area is 167 Å². The van der Waals surface area contributed by atoms with Gasteiger partial charge in [0.1, 0.15) is 5.82 Å². The molecule has 0 saturated carbocycles. The van der Waals surface area contributed by atoms with Gasteiger partial charge in [0.2, 0.25) is 0 Å². The molecule has 3 aromatic rings. The fraction of sp³-hybridized carbons (Fsp3) is 0.190. The number of benzene rings is 2. The molecule has 1 amide bonds. The molecule has 142 valence electrons. The minimum Gasteiger partial charge on any atom is -0.352 e. The molecule has 0 bridgehead atoms. The van der Waals surface area contributed by atoms with E-state index < -0.39 is 0 Å². The van der Waals surface area contributed by atoms with Crippen LogP contribution in [0.25, 0.3) is 5.69 Å². The predicted octanol–water partition coefficient (Wildman–Crippen LogP) is 2.85. The molecule has 1 aliphatic heterocycles. The highest BCUT2D eigenvalue weighted by molar-refractivity contribution is 6.30. The van der Waals surface area contributed by atoms with Crippen molar-refractivity contribution in [1.82, 2.24) is 14.7 Å². The third kappa shape index (κ3) is 3.77. The van der Waals surface area contributed by atoms with Crippen LogP contribution >= 0.6 is 11.6 Å². The Morgan fingerprint density at radius 2 is 1.64 bits per heavy atom. The molecule has 6 nitrogen and oxygen atoms in total. The van der Waals surface area contributed by atoms with E-state index in [1.165, 1.54) is 10.7 Å². The van der Waals surface area contributed by atoms with Gasteiger partial charge >= 0.3 is 0 Å². The van der Waals surface area contributed by atoms with Crippen molar-refractivity contribution in [3.05, 3.63) is 87.7 Å². The quantitative estimate of drug-likeness (QED) is 0.685. The molecule has 2 aromatic carbocycles. The number of nitrogens with zero attached hydrogens (tertiary/aromatic N) is 4. The highest BCUT2D eigenvalue weighted by Crippen LogP contribution is 2.17. The third-order valence-corrected chi connectivity index (χ3v) is 4.98. The number of halogens is 1. The lowest BCUT2D eigenvalue weighted by Crippen LogP contribution is -2.49. The number of carbonyl (C=O) groups is 1. The smallest absolute Gasteiger partial charge is 0.271 e. The molecule has 0 spiro atoms. The molecule has 1 saturated heterocycles. The summed E-state index contributed by atoms with van der Waals surface area (Å²) in [7, 11) is 0. The summed E-state index contributed by atoms with van der Waals surface area (Å²) in [5, 5.41) is 5.07. The van der Waals surface area contributed by atoms with E-state index >= 15 is 0 Å². The van der Waals surface area contributed by atoms with Crippen LogP contribution in [0.1, 0.15) is 10.4 Å². The zero-order valence-corrected chi connectivity index (χ0v) is 15.9. The Morgan fingerprint density at radius 3 is 2.36 bits per heavy atom. The van der Waals surface area contributed by atoms with Crippen molar-refractivity contribution in [2.75, 3.05) is 31.1 Å². The van der Waals surface area contributed by atoms with Gasteiger partial charge in [0.25, 0.3) is 11.5 Å². The molecule has 4 rings (SSSR count). The fourth-order valence-corrected chi connectivity index (χ4v) is 3.46. The molecular formula is C21H19ClN4O2. The minimum absolute atomic E-state index is 0.0237. The summed E-state index contributed by atoms with van der Waals surface area (Å²) in [5.74, 6) is 0.697. The number of hydrogen-bond donors (Lipinski definition) is 0. The van der Waals surface area contributed by atoms with Crippen LogP contribution in [0, 0.1) is 0 Å². The Morgan fingerprint density at radius 1 is 0.893 bits per heavy atom. The average Bonchev–Trinajstić information content (AvgIpc) is 2.74. The normalized spacial score (nSPS) is 14.2. The number of aromatic nitrogens is 2. The minimum atomic E-state index is -0.176. The second kappa shape index (κ2) is 7.86. The fourth-order valence-electron chi connectivity index (χ4n) is 3.27. The zero-order valence-electron chi connectivity index (χ0n) is 15.2. The van der Waals surface area contributed by atoms with Crippen molar-refractivity contribution in [3.8, 4) is 5.69 Å². The molecule has 0 radical (unpaired) electrons. The molecule has 7 heteroatoms. The van der Waals surface area contributed by atoms with Gasteiger partial charge in [0, 0.05) is 42.8 Å². The first-order valence-corrected chi connectivity index (χ1v) is 9.45. The van der Waals surface area contributed by atoms with Gasteiger partial charge in [-0.15, -0.1) is 5.10 Å². The van der Waals surface area contributed by atoms with E-state index in [1.807, 2.05) is 35.2 Å². The zero-order chi connectivity index (χ0) is 19.5. The van der Waals surface area contributed by atoms with E-state index in [0.717, 1.165) is 11.5 Å². The second-order valence-corrected chi connectivity index (χ2v) is 7.00. The first-order chi connectivity index (χ1) is 13.6. The predicted molar refractivity (Wildman–Crippen MR) is 109 cm³/mol. The largest absolute Gasteiger partial charge is 0.352 e. The van der Waals surface area contributed by atoms with Crippen molar-refractivity contribution < 1.29 is 4.79 Å². The highest BCUT2D eigenvalue weighted by atomic mass is 35.5. The van der Waals surface area contributed by atoms with Crippen molar-refractivity contribution >= 4 is 23.3 Å². The number of piperazine rings is 1. The molecule has 1 fully saturated rings. The molecule has 0 N–H and O–H groups in total. The number of amides is 1. The highest BCUT2D eigenvalue weighted by Gasteiger charge is 2.23. The second-order valence-electron chi connectivity index (χ2n) is 6.57. The van der Waals surface area contributed by atoms with Crippen LogP contribution in [0.3, 0.4) is 0 Å². The van der Waals surface area contributed by atoms with E-state index in [-0.39, 0.29) is 11.5 Å². The SMILES string of the molecule is O=C(c1cccc(Cl)c1)N1CCN(c2ccc(=O)n(-c3ccccc3)n2)CC1. The van der Waals surface area contributed by atoms with Gasteiger partial charge < -0.3 is 9.80 Å².